The minimum Gasteiger partial charge on any atom is -0.377 e. The molecule has 0 spiro atoms. The molecule has 0 fully saturated rings. The van der Waals surface area contributed by atoms with Crippen molar-refractivity contribution in [3.8, 4) is 0 Å². The first kappa shape index (κ1) is 13.1. The standard InChI is InChI=1S/C15H20N2S/c1-5-13-7-6-8-14(9-13)16-10(2)15-11(3)18-12(4)17-15/h6-10,16H,5H2,1-4H3. The van der Waals surface area contributed by atoms with E-state index in [0.717, 1.165) is 11.4 Å². The summed E-state index contributed by atoms with van der Waals surface area (Å²) in [5.74, 6) is 0. The second-order valence-corrected chi connectivity index (χ2v) is 6.00. The molecule has 96 valence electrons. The number of hydrogen-bond donors (Lipinski definition) is 1. The van der Waals surface area contributed by atoms with Crippen LogP contribution in [-0.4, -0.2) is 4.98 Å². The lowest BCUT2D eigenvalue weighted by molar-refractivity contribution is 0.836. The molecule has 1 atom stereocenters. The summed E-state index contributed by atoms with van der Waals surface area (Å²) in [6.45, 7) is 8.54. The van der Waals surface area contributed by atoms with E-state index in [0.29, 0.717) is 0 Å². The summed E-state index contributed by atoms with van der Waals surface area (Å²) in [5, 5.41) is 4.67. The summed E-state index contributed by atoms with van der Waals surface area (Å²) >= 11 is 1.76. The maximum Gasteiger partial charge on any atom is 0.0901 e. The van der Waals surface area contributed by atoms with Crippen LogP contribution in [0.5, 0.6) is 0 Å². The second-order valence-electron chi connectivity index (χ2n) is 4.59. The van der Waals surface area contributed by atoms with Gasteiger partial charge in [0.25, 0.3) is 0 Å². The van der Waals surface area contributed by atoms with Crippen molar-refractivity contribution < 1.29 is 0 Å². The van der Waals surface area contributed by atoms with Gasteiger partial charge < -0.3 is 5.32 Å². The third-order valence-corrected chi connectivity index (χ3v) is 3.97. The lowest BCUT2D eigenvalue weighted by Crippen LogP contribution is -2.08. The average Bonchev–Trinajstić information content (AvgIpc) is 2.69. The Bertz CT molecular complexity index is 531. The van der Waals surface area contributed by atoms with Crippen molar-refractivity contribution in [2.24, 2.45) is 0 Å². The Balaban J connectivity index is 2.15. The van der Waals surface area contributed by atoms with Crippen LogP contribution in [-0.2, 0) is 6.42 Å². The Hall–Kier alpha value is -1.35. The number of thiazole rings is 1. The van der Waals surface area contributed by atoms with Gasteiger partial charge in [0.2, 0.25) is 0 Å². The van der Waals surface area contributed by atoms with E-state index >= 15 is 0 Å². The molecule has 2 rings (SSSR count). The number of aryl methyl sites for hydroxylation is 3. The molecule has 0 saturated heterocycles. The summed E-state index contributed by atoms with van der Waals surface area (Å²) < 4.78 is 0. The first-order valence-electron chi connectivity index (χ1n) is 6.39. The molecular formula is C15H20N2S. The van der Waals surface area contributed by atoms with Crippen LogP contribution in [0.15, 0.2) is 24.3 Å². The topological polar surface area (TPSA) is 24.9 Å². The fourth-order valence-electron chi connectivity index (χ4n) is 2.15. The molecule has 1 aromatic heterocycles. The molecule has 0 aliphatic heterocycles. The first-order valence-corrected chi connectivity index (χ1v) is 7.21. The van der Waals surface area contributed by atoms with Crippen molar-refractivity contribution in [2.45, 2.75) is 40.2 Å². The fourth-order valence-corrected chi connectivity index (χ4v) is 3.06. The van der Waals surface area contributed by atoms with E-state index in [1.165, 1.54) is 21.8 Å². The molecule has 1 unspecified atom stereocenters. The summed E-state index contributed by atoms with van der Waals surface area (Å²) in [6.07, 6.45) is 1.07. The third kappa shape index (κ3) is 2.91. The van der Waals surface area contributed by atoms with Crippen LogP contribution < -0.4 is 5.32 Å². The van der Waals surface area contributed by atoms with E-state index in [4.69, 9.17) is 0 Å². The SMILES string of the molecule is CCc1cccc(NC(C)c2nc(C)sc2C)c1. The third-order valence-electron chi connectivity index (χ3n) is 3.07. The van der Waals surface area contributed by atoms with Crippen molar-refractivity contribution >= 4 is 17.0 Å². The Morgan fingerprint density at radius 3 is 2.72 bits per heavy atom. The minimum absolute atomic E-state index is 0.252. The smallest absolute Gasteiger partial charge is 0.0901 e. The molecule has 0 aliphatic carbocycles. The van der Waals surface area contributed by atoms with Gasteiger partial charge in [-0.2, -0.15) is 0 Å². The zero-order valence-corrected chi connectivity index (χ0v) is 12.3. The molecular weight excluding hydrogens is 240 g/mol. The van der Waals surface area contributed by atoms with E-state index in [1.54, 1.807) is 11.3 Å². The van der Waals surface area contributed by atoms with E-state index in [1.807, 2.05) is 0 Å². The largest absolute Gasteiger partial charge is 0.377 e. The van der Waals surface area contributed by atoms with Crippen LogP contribution in [0.25, 0.3) is 0 Å². The van der Waals surface area contributed by atoms with Gasteiger partial charge in [0, 0.05) is 10.6 Å². The van der Waals surface area contributed by atoms with Gasteiger partial charge in [-0.25, -0.2) is 4.98 Å². The van der Waals surface area contributed by atoms with E-state index in [9.17, 15) is 0 Å². The molecule has 18 heavy (non-hydrogen) atoms. The summed E-state index contributed by atoms with van der Waals surface area (Å²) in [6, 6.07) is 8.85. The van der Waals surface area contributed by atoms with Crippen molar-refractivity contribution in [3.05, 3.63) is 45.4 Å². The summed E-state index contributed by atoms with van der Waals surface area (Å²) in [7, 11) is 0. The molecule has 1 aromatic carbocycles. The van der Waals surface area contributed by atoms with Gasteiger partial charge in [0.05, 0.1) is 16.7 Å². The number of benzene rings is 1. The highest BCUT2D eigenvalue weighted by Gasteiger charge is 2.12. The number of aromatic nitrogens is 1. The first-order chi connectivity index (χ1) is 8.60. The Morgan fingerprint density at radius 1 is 1.33 bits per heavy atom. The highest BCUT2D eigenvalue weighted by molar-refractivity contribution is 7.11. The maximum atomic E-state index is 4.60. The lowest BCUT2D eigenvalue weighted by atomic mass is 10.1. The van der Waals surface area contributed by atoms with E-state index in [-0.39, 0.29) is 6.04 Å². The number of nitrogens with one attached hydrogen (secondary N) is 1. The van der Waals surface area contributed by atoms with Crippen LogP contribution in [0.2, 0.25) is 0 Å². The molecule has 1 heterocycles. The minimum atomic E-state index is 0.252. The van der Waals surface area contributed by atoms with Crippen molar-refractivity contribution in [1.29, 1.82) is 0 Å². The molecule has 0 radical (unpaired) electrons. The Morgan fingerprint density at radius 2 is 2.11 bits per heavy atom. The van der Waals surface area contributed by atoms with Gasteiger partial charge in [-0.15, -0.1) is 11.3 Å². The number of nitrogens with zero attached hydrogens (tertiary/aromatic N) is 1. The van der Waals surface area contributed by atoms with Crippen LogP contribution in [0.4, 0.5) is 5.69 Å². The Labute approximate surface area is 113 Å². The zero-order chi connectivity index (χ0) is 13.1. The zero-order valence-electron chi connectivity index (χ0n) is 11.4. The quantitative estimate of drug-likeness (QED) is 0.875. The van der Waals surface area contributed by atoms with Gasteiger partial charge in [-0.3, -0.25) is 0 Å². The molecule has 0 bridgehead atoms. The predicted molar refractivity (Wildman–Crippen MR) is 79.4 cm³/mol. The molecule has 0 amide bonds. The van der Waals surface area contributed by atoms with Crippen molar-refractivity contribution in [3.63, 3.8) is 0 Å². The number of hydrogen-bond acceptors (Lipinski definition) is 3. The number of rotatable bonds is 4. The summed E-state index contributed by atoms with van der Waals surface area (Å²) in [5.41, 5.74) is 3.70. The highest BCUT2D eigenvalue weighted by Crippen LogP contribution is 2.25. The highest BCUT2D eigenvalue weighted by atomic mass is 32.1. The van der Waals surface area contributed by atoms with Crippen LogP contribution >= 0.6 is 11.3 Å². The molecule has 2 aromatic rings. The van der Waals surface area contributed by atoms with Crippen molar-refractivity contribution in [1.82, 2.24) is 4.98 Å². The summed E-state index contributed by atoms with van der Waals surface area (Å²) in [4.78, 5) is 5.91. The molecule has 1 N–H and O–H groups in total. The molecule has 0 aliphatic rings. The van der Waals surface area contributed by atoms with Gasteiger partial charge in [-0.05, 0) is 44.9 Å². The van der Waals surface area contributed by atoms with E-state index < -0.39 is 0 Å². The maximum absolute atomic E-state index is 4.60. The lowest BCUT2D eigenvalue weighted by Gasteiger charge is -2.15. The predicted octanol–water partition coefficient (Wildman–Crippen LogP) is 4.50. The normalized spacial score (nSPS) is 12.4. The molecule has 2 nitrogen and oxygen atoms in total. The van der Waals surface area contributed by atoms with Gasteiger partial charge in [-0.1, -0.05) is 19.1 Å². The van der Waals surface area contributed by atoms with Crippen LogP contribution in [0.1, 0.15) is 41.0 Å². The number of anilines is 1. The monoisotopic (exact) mass is 260 g/mol. The van der Waals surface area contributed by atoms with Crippen LogP contribution in [0.3, 0.4) is 0 Å². The molecule has 3 heteroatoms. The van der Waals surface area contributed by atoms with Gasteiger partial charge in [0.15, 0.2) is 0 Å². The average molecular weight is 260 g/mol. The van der Waals surface area contributed by atoms with Gasteiger partial charge in [0.1, 0.15) is 0 Å². The fraction of sp³-hybridized carbons (Fsp3) is 0.400. The van der Waals surface area contributed by atoms with E-state index in [2.05, 4.69) is 62.3 Å². The van der Waals surface area contributed by atoms with Crippen LogP contribution in [0, 0.1) is 13.8 Å². The second kappa shape index (κ2) is 5.53. The Kier molecular flexibility index (Phi) is 4.02. The van der Waals surface area contributed by atoms with Gasteiger partial charge >= 0.3 is 0 Å². The molecule has 0 saturated carbocycles. The van der Waals surface area contributed by atoms with Crippen molar-refractivity contribution in [2.75, 3.05) is 5.32 Å².